The van der Waals surface area contributed by atoms with Gasteiger partial charge in [0.2, 0.25) is 0 Å². The highest BCUT2D eigenvalue weighted by molar-refractivity contribution is 7.11. The molecule has 0 radical (unpaired) electrons. The Morgan fingerprint density at radius 3 is 3.00 bits per heavy atom. The normalized spacial score (nSPS) is 18.7. The van der Waals surface area contributed by atoms with Gasteiger partial charge in [-0.1, -0.05) is 20.8 Å². The van der Waals surface area contributed by atoms with E-state index in [2.05, 4.69) is 46.8 Å². The van der Waals surface area contributed by atoms with E-state index in [4.69, 9.17) is 0 Å². The monoisotopic (exact) mass is 304 g/mol. The van der Waals surface area contributed by atoms with Gasteiger partial charge >= 0.3 is 0 Å². The molecule has 21 heavy (non-hydrogen) atoms. The third-order valence-corrected chi connectivity index (χ3v) is 5.37. The minimum Gasteiger partial charge on any atom is -0.335 e. The van der Waals surface area contributed by atoms with Crippen LogP contribution in [0.1, 0.15) is 55.2 Å². The van der Waals surface area contributed by atoms with E-state index in [-0.39, 0.29) is 5.41 Å². The minimum absolute atomic E-state index is 0.150. The lowest BCUT2D eigenvalue weighted by Gasteiger charge is -2.23. The van der Waals surface area contributed by atoms with Gasteiger partial charge in [-0.15, -0.1) is 11.3 Å². The number of rotatable bonds is 4. The molecule has 0 bridgehead atoms. The Labute approximate surface area is 130 Å². The molecular formula is C16H24N4S. The third kappa shape index (κ3) is 3.35. The van der Waals surface area contributed by atoms with Crippen LogP contribution in [0.5, 0.6) is 0 Å². The zero-order chi connectivity index (χ0) is 14.9. The summed E-state index contributed by atoms with van der Waals surface area (Å²) in [6.45, 7) is 9.67. The van der Waals surface area contributed by atoms with Gasteiger partial charge in [0, 0.05) is 54.4 Å². The molecule has 0 aromatic carbocycles. The topological polar surface area (TPSA) is 42.7 Å². The second-order valence-corrected chi connectivity index (χ2v) is 7.95. The summed E-state index contributed by atoms with van der Waals surface area (Å²) in [4.78, 5) is 10.4. The number of nitrogens with zero attached hydrogens (tertiary/aromatic N) is 3. The molecule has 1 N–H and O–H groups in total. The van der Waals surface area contributed by atoms with Gasteiger partial charge in [0.05, 0.1) is 5.01 Å². The molecular weight excluding hydrogens is 280 g/mol. The molecule has 114 valence electrons. The average Bonchev–Trinajstić information content (AvgIpc) is 3.06. The van der Waals surface area contributed by atoms with Crippen molar-refractivity contribution < 1.29 is 0 Å². The summed E-state index contributed by atoms with van der Waals surface area (Å²) >= 11 is 1.82. The molecule has 1 aliphatic heterocycles. The SMILES string of the molecule is CC(C)(C)c1ncc(CNC[C@H]2CCCn3ccnc32)s1. The maximum absolute atomic E-state index is 4.54. The summed E-state index contributed by atoms with van der Waals surface area (Å²) in [5, 5.41) is 4.80. The Morgan fingerprint density at radius 1 is 1.38 bits per heavy atom. The van der Waals surface area contributed by atoms with Crippen LogP contribution in [0.15, 0.2) is 18.6 Å². The van der Waals surface area contributed by atoms with Crippen molar-refractivity contribution in [3.05, 3.63) is 34.3 Å². The van der Waals surface area contributed by atoms with Crippen molar-refractivity contribution >= 4 is 11.3 Å². The van der Waals surface area contributed by atoms with Gasteiger partial charge in [-0.3, -0.25) is 0 Å². The lowest BCUT2D eigenvalue weighted by molar-refractivity contribution is 0.423. The summed E-state index contributed by atoms with van der Waals surface area (Å²) in [7, 11) is 0. The second kappa shape index (κ2) is 5.89. The van der Waals surface area contributed by atoms with Crippen LogP contribution in [0.2, 0.25) is 0 Å². The lowest BCUT2D eigenvalue weighted by Crippen LogP contribution is -2.26. The first-order chi connectivity index (χ1) is 10.0. The van der Waals surface area contributed by atoms with Crippen LogP contribution >= 0.6 is 11.3 Å². The van der Waals surface area contributed by atoms with Crippen LogP contribution in [-0.4, -0.2) is 21.1 Å². The van der Waals surface area contributed by atoms with Gasteiger partial charge in [-0.05, 0) is 12.8 Å². The quantitative estimate of drug-likeness (QED) is 0.942. The summed E-state index contributed by atoms with van der Waals surface area (Å²) < 4.78 is 2.29. The predicted molar refractivity (Wildman–Crippen MR) is 86.7 cm³/mol. The Bertz CT molecular complexity index is 593. The van der Waals surface area contributed by atoms with Gasteiger partial charge in [-0.25, -0.2) is 9.97 Å². The van der Waals surface area contributed by atoms with Crippen LogP contribution in [-0.2, 0) is 18.5 Å². The molecule has 0 saturated carbocycles. The Kier molecular flexibility index (Phi) is 4.13. The molecule has 3 rings (SSSR count). The van der Waals surface area contributed by atoms with Gasteiger partial charge < -0.3 is 9.88 Å². The smallest absolute Gasteiger partial charge is 0.113 e. The molecule has 0 fully saturated rings. The highest BCUT2D eigenvalue weighted by atomic mass is 32.1. The van der Waals surface area contributed by atoms with Crippen molar-refractivity contribution in [2.24, 2.45) is 0 Å². The lowest BCUT2D eigenvalue weighted by atomic mass is 9.98. The fourth-order valence-corrected chi connectivity index (χ4v) is 3.75. The summed E-state index contributed by atoms with van der Waals surface area (Å²) in [6.07, 6.45) is 8.52. The van der Waals surface area contributed by atoms with E-state index in [0.29, 0.717) is 5.92 Å². The molecule has 1 atom stereocenters. The molecule has 1 aliphatic rings. The third-order valence-electron chi connectivity index (χ3n) is 3.95. The summed E-state index contributed by atoms with van der Waals surface area (Å²) in [5.41, 5.74) is 0.150. The first kappa shape index (κ1) is 14.7. The number of aryl methyl sites for hydroxylation is 1. The first-order valence-corrected chi connectivity index (χ1v) is 8.52. The van der Waals surface area contributed by atoms with Crippen molar-refractivity contribution in [2.75, 3.05) is 6.54 Å². The van der Waals surface area contributed by atoms with Crippen molar-refractivity contribution in [1.82, 2.24) is 19.9 Å². The molecule has 0 saturated heterocycles. The molecule has 0 unspecified atom stereocenters. The Balaban J connectivity index is 1.54. The van der Waals surface area contributed by atoms with Crippen molar-refractivity contribution in [2.45, 2.75) is 58.0 Å². The van der Waals surface area contributed by atoms with E-state index < -0.39 is 0 Å². The number of nitrogens with one attached hydrogen (secondary N) is 1. The van der Waals surface area contributed by atoms with Crippen LogP contribution in [0, 0.1) is 0 Å². The molecule has 2 aromatic heterocycles. The van der Waals surface area contributed by atoms with Crippen LogP contribution in [0.4, 0.5) is 0 Å². The second-order valence-electron chi connectivity index (χ2n) is 6.83. The maximum Gasteiger partial charge on any atom is 0.113 e. The Hall–Kier alpha value is -1.20. The van der Waals surface area contributed by atoms with E-state index in [1.807, 2.05) is 23.7 Å². The number of hydrogen-bond donors (Lipinski definition) is 1. The predicted octanol–water partition coefficient (Wildman–Crippen LogP) is 3.30. The zero-order valence-corrected chi connectivity index (χ0v) is 13.9. The summed E-state index contributed by atoms with van der Waals surface area (Å²) in [6, 6.07) is 0. The van der Waals surface area contributed by atoms with E-state index in [1.165, 1.54) is 28.6 Å². The molecule has 2 aromatic rings. The fourth-order valence-electron chi connectivity index (χ4n) is 2.81. The number of fused-ring (bicyclic) bond motifs is 1. The highest BCUT2D eigenvalue weighted by Crippen LogP contribution is 2.27. The van der Waals surface area contributed by atoms with Crippen LogP contribution in [0.25, 0.3) is 0 Å². The van der Waals surface area contributed by atoms with Crippen molar-refractivity contribution in [3.8, 4) is 0 Å². The molecule has 0 spiro atoms. The molecule has 3 heterocycles. The fraction of sp³-hybridized carbons (Fsp3) is 0.625. The highest BCUT2D eigenvalue weighted by Gasteiger charge is 2.21. The van der Waals surface area contributed by atoms with Gasteiger partial charge in [-0.2, -0.15) is 0 Å². The number of hydrogen-bond acceptors (Lipinski definition) is 4. The van der Waals surface area contributed by atoms with Crippen LogP contribution < -0.4 is 5.32 Å². The van der Waals surface area contributed by atoms with Gasteiger partial charge in [0.15, 0.2) is 0 Å². The number of aromatic nitrogens is 3. The number of imidazole rings is 1. The standard InChI is InChI=1S/C16H24N4S/c1-16(2,3)15-19-11-13(21-15)10-17-9-12-5-4-7-20-8-6-18-14(12)20/h6,8,11-12,17H,4-5,7,9-10H2,1-3H3/t12-/m1/s1. The van der Waals surface area contributed by atoms with E-state index in [1.54, 1.807) is 0 Å². The average molecular weight is 304 g/mol. The van der Waals surface area contributed by atoms with E-state index >= 15 is 0 Å². The van der Waals surface area contributed by atoms with Gasteiger partial charge in [0.1, 0.15) is 5.82 Å². The summed E-state index contributed by atoms with van der Waals surface area (Å²) in [5.74, 6) is 1.79. The minimum atomic E-state index is 0.150. The van der Waals surface area contributed by atoms with Crippen molar-refractivity contribution in [1.29, 1.82) is 0 Å². The Morgan fingerprint density at radius 2 is 2.24 bits per heavy atom. The van der Waals surface area contributed by atoms with Gasteiger partial charge in [0.25, 0.3) is 0 Å². The number of thiazole rings is 1. The first-order valence-electron chi connectivity index (χ1n) is 7.71. The largest absolute Gasteiger partial charge is 0.335 e. The van der Waals surface area contributed by atoms with Crippen LogP contribution in [0.3, 0.4) is 0 Å². The molecule has 5 heteroatoms. The van der Waals surface area contributed by atoms with E-state index in [9.17, 15) is 0 Å². The van der Waals surface area contributed by atoms with E-state index in [0.717, 1.165) is 19.6 Å². The molecule has 0 amide bonds. The molecule has 0 aliphatic carbocycles. The maximum atomic E-state index is 4.54. The van der Waals surface area contributed by atoms with Crippen molar-refractivity contribution in [3.63, 3.8) is 0 Å². The molecule has 4 nitrogen and oxygen atoms in total. The zero-order valence-electron chi connectivity index (χ0n) is 13.1.